The van der Waals surface area contributed by atoms with Gasteiger partial charge in [0.1, 0.15) is 10.0 Å². The maximum absolute atomic E-state index is 11.2. The van der Waals surface area contributed by atoms with Crippen molar-refractivity contribution in [2.45, 2.75) is 11.8 Å². The van der Waals surface area contributed by atoms with Gasteiger partial charge in [0, 0.05) is 21.7 Å². The zero-order valence-electron chi connectivity index (χ0n) is 15.9. The Hall–Kier alpha value is -1.81. The summed E-state index contributed by atoms with van der Waals surface area (Å²) in [4.78, 5) is 11.3. The number of hydrogen-bond donors (Lipinski definition) is 0. The van der Waals surface area contributed by atoms with Crippen molar-refractivity contribution in [3.8, 4) is 5.75 Å². The third-order valence-corrected chi connectivity index (χ3v) is 5.49. The van der Waals surface area contributed by atoms with Gasteiger partial charge in [0.25, 0.3) is 0 Å². The Labute approximate surface area is 194 Å². The van der Waals surface area contributed by atoms with Crippen LogP contribution in [0.2, 0.25) is 0 Å². The van der Waals surface area contributed by atoms with E-state index in [-0.39, 0.29) is 34.5 Å². The van der Waals surface area contributed by atoms with Crippen molar-refractivity contribution in [2.24, 2.45) is 0 Å². The summed E-state index contributed by atoms with van der Waals surface area (Å²) >= 11 is 4.90. The van der Waals surface area contributed by atoms with Gasteiger partial charge in [-0.25, -0.2) is 13.2 Å². The molecular formula is C19H15ClNNaO6S. The number of halogens is 1. The molecule has 0 N–H and O–H groups in total. The molecule has 0 saturated carbocycles. The molecule has 146 valence electrons. The maximum Gasteiger partial charge on any atom is 1.00 e. The fourth-order valence-corrected chi connectivity index (χ4v) is 3.34. The SMILES string of the molecule is COc1c2occc2cc2ccc(=O)oc12.Cc1ccc(S(=O)(=O)[N-]Cl)cc1.[Na+]. The molecular weight excluding hydrogens is 429 g/mol. The molecule has 0 spiro atoms. The first-order valence-electron chi connectivity index (χ1n) is 7.99. The molecule has 2 heterocycles. The first kappa shape index (κ1) is 23.5. The van der Waals surface area contributed by atoms with E-state index in [2.05, 4.69) is 4.24 Å². The molecule has 0 aliphatic heterocycles. The summed E-state index contributed by atoms with van der Waals surface area (Å²) in [7, 11) is -2.11. The Bertz CT molecular complexity index is 1280. The topological polar surface area (TPSA) is 101 Å². The third kappa shape index (κ3) is 5.22. The minimum absolute atomic E-state index is 0. The second-order valence-electron chi connectivity index (χ2n) is 5.78. The molecule has 4 aromatic rings. The Morgan fingerprint density at radius 2 is 1.66 bits per heavy atom. The smallest absolute Gasteiger partial charge is 0.490 e. The fraction of sp³-hybridized carbons (Fsp3) is 0.105. The van der Waals surface area contributed by atoms with Crippen LogP contribution in [0, 0.1) is 6.92 Å². The predicted molar refractivity (Wildman–Crippen MR) is 106 cm³/mol. The Kier molecular flexibility index (Phi) is 7.93. The van der Waals surface area contributed by atoms with Crippen LogP contribution >= 0.6 is 11.8 Å². The second-order valence-corrected chi connectivity index (χ2v) is 7.75. The summed E-state index contributed by atoms with van der Waals surface area (Å²) in [6.07, 6.45) is 1.57. The largest absolute Gasteiger partial charge is 1.00 e. The van der Waals surface area contributed by atoms with Crippen molar-refractivity contribution in [2.75, 3.05) is 7.11 Å². The number of rotatable bonds is 3. The summed E-state index contributed by atoms with van der Waals surface area (Å²) < 4.78 is 40.4. The van der Waals surface area contributed by atoms with E-state index in [0.29, 0.717) is 16.9 Å². The molecule has 0 amide bonds. The van der Waals surface area contributed by atoms with Gasteiger partial charge < -0.3 is 17.8 Å². The van der Waals surface area contributed by atoms with Crippen molar-refractivity contribution in [1.82, 2.24) is 0 Å². The van der Waals surface area contributed by atoms with Crippen LogP contribution in [0.5, 0.6) is 5.75 Å². The van der Waals surface area contributed by atoms with Crippen molar-refractivity contribution >= 4 is 43.7 Å². The first-order chi connectivity index (χ1) is 13.4. The number of sulfonamides is 1. The van der Waals surface area contributed by atoms with Gasteiger partial charge in [0.05, 0.1) is 13.4 Å². The molecule has 0 atom stereocenters. The van der Waals surface area contributed by atoms with Crippen LogP contribution in [0.4, 0.5) is 0 Å². The number of hydrogen-bond acceptors (Lipinski definition) is 6. The maximum atomic E-state index is 11.2. The van der Waals surface area contributed by atoms with Gasteiger partial charge in [0.2, 0.25) is 5.75 Å². The second kappa shape index (κ2) is 9.80. The van der Waals surface area contributed by atoms with Gasteiger partial charge in [-0.05, 0) is 37.3 Å². The number of benzene rings is 2. The van der Waals surface area contributed by atoms with Gasteiger partial charge in [-0.3, -0.25) is 11.8 Å². The summed E-state index contributed by atoms with van der Waals surface area (Å²) in [5, 5.41) is 1.73. The fourth-order valence-electron chi connectivity index (χ4n) is 2.54. The van der Waals surface area contributed by atoms with E-state index >= 15 is 0 Å². The number of methoxy groups -OCH3 is 1. The third-order valence-electron chi connectivity index (χ3n) is 3.90. The number of furan rings is 1. The van der Waals surface area contributed by atoms with E-state index in [1.54, 1.807) is 24.5 Å². The zero-order valence-corrected chi connectivity index (χ0v) is 19.5. The summed E-state index contributed by atoms with van der Waals surface area (Å²) in [6.45, 7) is 1.87. The van der Waals surface area contributed by atoms with Gasteiger partial charge in [-0.2, -0.15) is 0 Å². The average Bonchev–Trinajstić information content (AvgIpc) is 3.15. The molecule has 10 heteroatoms. The molecule has 0 saturated heterocycles. The van der Waals surface area contributed by atoms with Crippen molar-refractivity contribution in [1.29, 1.82) is 0 Å². The van der Waals surface area contributed by atoms with E-state index in [4.69, 9.17) is 25.3 Å². The van der Waals surface area contributed by atoms with Crippen molar-refractivity contribution in [3.05, 3.63) is 75.0 Å². The van der Waals surface area contributed by atoms with E-state index in [1.807, 2.05) is 19.1 Å². The van der Waals surface area contributed by atoms with Gasteiger partial charge in [-0.15, -0.1) is 0 Å². The van der Waals surface area contributed by atoms with E-state index in [9.17, 15) is 13.2 Å². The Morgan fingerprint density at radius 1 is 1.00 bits per heavy atom. The summed E-state index contributed by atoms with van der Waals surface area (Å²) in [6, 6.07) is 13.1. The number of ether oxygens (including phenoxy) is 1. The van der Waals surface area contributed by atoms with Gasteiger partial charge in [-0.1, -0.05) is 17.7 Å². The molecule has 0 radical (unpaired) electrons. The number of aryl methyl sites for hydroxylation is 1. The van der Waals surface area contributed by atoms with Gasteiger partial charge in [0.15, 0.2) is 11.2 Å². The quantitative estimate of drug-likeness (QED) is 0.353. The van der Waals surface area contributed by atoms with Crippen LogP contribution < -0.4 is 39.9 Å². The molecule has 0 aliphatic rings. The van der Waals surface area contributed by atoms with E-state index < -0.39 is 15.6 Å². The molecule has 7 nitrogen and oxygen atoms in total. The van der Waals surface area contributed by atoms with Crippen LogP contribution in [0.3, 0.4) is 0 Å². The zero-order chi connectivity index (χ0) is 20.3. The van der Waals surface area contributed by atoms with Crippen LogP contribution in [0.1, 0.15) is 5.56 Å². The van der Waals surface area contributed by atoms with Crippen molar-refractivity contribution in [3.63, 3.8) is 0 Å². The van der Waals surface area contributed by atoms with E-state index in [1.165, 1.54) is 25.3 Å². The molecule has 0 bridgehead atoms. The molecule has 2 aromatic heterocycles. The Morgan fingerprint density at radius 3 is 2.28 bits per heavy atom. The number of fused-ring (bicyclic) bond motifs is 2. The van der Waals surface area contributed by atoms with Crippen LogP contribution in [0.15, 0.2) is 73.3 Å². The predicted octanol–water partition coefficient (Wildman–Crippen LogP) is 1.76. The average molecular weight is 444 g/mol. The first-order valence-corrected chi connectivity index (χ1v) is 9.76. The summed E-state index contributed by atoms with van der Waals surface area (Å²) in [5.74, 6) is 0.454. The standard InChI is InChI=1S/C12H8O4.C7H7ClNO2S.Na/c1-14-12-10-8(4-5-15-10)6-7-2-3-9(13)16-11(7)12;1-6-2-4-7(5-3-6)12(10,11)9-8;/h2-6H,1H3;2-5H,1H3;/q;-1;+1. The normalized spacial score (nSPS) is 10.9. The van der Waals surface area contributed by atoms with Crippen LogP contribution in [0.25, 0.3) is 26.2 Å². The van der Waals surface area contributed by atoms with Gasteiger partial charge >= 0.3 is 35.2 Å². The molecule has 29 heavy (non-hydrogen) atoms. The molecule has 0 fully saturated rings. The molecule has 4 rings (SSSR count). The Balaban J connectivity index is 0.000000209. The van der Waals surface area contributed by atoms with Crippen molar-refractivity contribution < 1.29 is 51.5 Å². The minimum atomic E-state index is -3.62. The number of nitrogens with zero attached hydrogens (tertiary/aromatic N) is 1. The monoisotopic (exact) mass is 443 g/mol. The van der Waals surface area contributed by atoms with E-state index in [0.717, 1.165) is 16.3 Å². The molecule has 0 aliphatic carbocycles. The summed E-state index contributed by atoms with van der Waals surface area (Å²) in [5.41, 5.74) is 1.59. The minimum Gasteiger partial charge on any atom is -0.490 e. The van der Waals surface area contributed by atoms with Crippen LogP contribution in [-0.4, -0.2) is 15.5 Å². The molecule has 0 unspecified atom stereocenters. The molecule has 2 aromatic carbocycles. The van der Waals surface area contributed by atoms with Crippen LogP contribution in [-0.2, 0) is 10.0 Å².